The molecule has 5 atom stereocenters. The Morgan fingerprint density at radius 3 is 2.31 bits per heavy atom. The van der Waals surface area contributed by atoms with Gasteiger partial charge in [0.15, 0.2) is 0 Å². The number of likely N-dealkylation sites (tertiary alicyclic amines) is 1. The second-order valence-electron chi connectivity index (χ2n) is 13.0. The molecule has 0 radical (unpaired) electrons. The van der Waals surface area contributed by atoms with Gasteiger partial charge >= 0.3 is 5.97 Å². The summed E-state index contributed by atoms with van der Waals surface area (Å²) >= 11 is 1.23. The molecule has 1 saturated carbocycles. The Kier molecular flexibility index (Phi) is 15.2. The van der Waals surface area contributed by atoms with Crippen LogP contribution < -0.4 is 27.0 Å². The Bertz CT molecular complexity index is 1360. The first-order valence-electron chi connectivity index (χ1n) is 17.0. The number of nitrogens with zero attached hydrogens (tertiary/aromatic N) is 1. The first-order valence-corrected chi connectivity index (χ1v) is 17.9. The van der Waals surface area contributed by atoms with Crippen LogP contribution in [0, 0.1) is 11.8 Å². The predicted molar refractivity (Wildman–Crippen MR) is 183 cm³/mol. The lowest BCUT2D eigenvalue weighted by atomic mass is 10.0. The second-order valence-corrected chi connectivity index (χ2v) is 13.9. The van der Waals surface area contributed by atoms with Gasteiger partial charge in [0.25, 0.3) is 5.91 Å². The summed E-state index contributed by atoms with van der Waals surface area (Å²) in [6, 6.07) is -1.31. The van der Waals surface area contributed by atoms with E-state index in [0.29, 0.717) is 37.1 Å². The first-order chi connectivity index (χ1) is 23.3. The molecular formula is C34H50N6O8S. The minimum Gasteiger partial charge on any atom is -0.463 e. The number of hydrogen-bond acceptors (Lipinski definition) is 9. The summed E-state index contributed by atoms with van der Waals surface area (Å²) in [5.41, 5.74) is 5.30. The number of nitrogens with one attached hydrogen (secondary N) is 4. The molecule has 1 aliphatic carbocycles. The fraction of sp³-hybridized carbons (Fsp3) is 0.618. The number of hydrogen-bond donors (Lipinski definition) is 5. The van der Waals surface area contributed by atoms with Crippen molar-refractivity contribution in [3.63, 3.8) is 0 Å². The lowest BCUT2D eigenvalue weighted by Crippen LogP contribution is -2.58. The average Bonchev–Trinajstić information content (AvgIpc) is 3.47. The van der Waals surface area contributed by atoms with E-state index in [9.17, 15) is 33.6 Å². The number of primary amides is 1. The molecule has 0 aromatic carbocycles. The van der Waals surface area contributed by atoms with E-state index >= 15 is 0 Å². The molecule has 270 valence electrons. The molecule has 15 heteroatoms. The fourth-order valence-corrected chi connectivity index (χ4v) is 6.21. The molecule has 6 amide bonds. The third-order valence-corrected chi connectivity index (χ3v) is 9.24. The highest BCUT2D eigenvalue weighted by atomic mass is 32.1. The number of amides is 6. The van der Waals surface area contributed by atoms with Crippen molar-refractivity contribution in [3.05, 3.63) is 34.5 Å². The van der Waals surface area contributed by atoms with E-state index in [-0.39, 0.29) is 31.3 Å². The van der Waals surface area contributed by atoms with Crippen LogP contribution in [0.15, 0.2) is 29.7 Å². The zero-order chi connectivity index (χ0) is 36.1. The van der Waals surface area contributed by atoms with Crippen LogP contribution in [-0.2, 0) is 33.5 Å². The van der Waals surface area contributed by atoms with Crippen molar-refractivity contribution in [2.75, 3.05) is 13.2 Å². The number of esters is 1. The van der Waals surface area contributed by atoms with Crippen LogP contribution in [0.1, 0.15) is 88.7 Å². The highest BCUT2D eigenvalue weighted by Gasteiger charge is 2.41. The van der Waals surface area contributed by atoms with Crippen LogP contribution in [0.5, 0.6) is 0 Å². The van der Waals surface area contributed by atoms with E-state index in [1.165, 1.54) is 29.2 Å². The van der Waals surface area contributed by atoms with Crippen LogP contribution in [0.4, 0.5) is 0 Å². The molecule has 14 nitrogen and oxygen atoms in total. The lowest BCUT2D eigenvalue weighted by Gasteiger charge is -2.31. The summed E-state index contributed by atoms with van der Waals surface area (Å²) in [4.78, 5) is 92.4. The smallest absolute Gasteiger partial charge is 0.330 e. The van der Waals surface area contributed by atoms with E-state index in [4.69, 9.17) is 10.5 Å². The molecule has 1 aromatic heterocycles. The van der Waals surface area contributed by atoms with Crippen molar-refractivity contribution in [1.29, 1.82) is 0 Å². The molecular weight excluding hydrogens is 652 g/mol. The van der Waals surface area contributed by atoms with Gasteiger partial charge in [0.05, 0.1) is 11.5 Å². The second kappa shape index (κ2) is 19.1. The Morgan fingerprint density at radius 2 is 1.69 bits per heavy atom. The van der Waals surface area contributed by atoms with Gasteiger partial charge in [-0.15, -0.1) is 11.3 Å². The van der Waals surface area contributed by atoms with E-state index in [1.807, 2.05) is 13.8 Å². The summed E-state index contributed by atoms with van der Waals surface area (Å²) in [6.07, 6.45) is 6.72. The maximum absolute atomic E-state index is 14.1. The van der Waals surface area contributed by atoms with Gasteiger partial charge in [-0.05, 0) is 75.7 Å². The van der Waals surface area contributed by atoms with Gasteiger partial charge in [-0.3, -0.25) is 28.8 Å². The molecule has 49 heavy (non-hydrogen) atoms. The highest BCUT2D eigenvalue weighted by Crippen LogP contribution is 2.34. The molecule has 3 rings (SSSR count). The molecule has 0 unspecified atom stereocenters. The first kappa shape index (κ1) is 39.2. The summed E-state index contributed by atoms with van der Waals surface area (Å²) in [6.45, 7) is 7.47. The van der Waals surface area contributed by atoms with Gasteiger partial charge in [-0.1, -0.05) is 38.8 Å². The predicted octanol–water partition coefficient (Wildman–Crippen LogP) is 1.54. The minimum absolute atomic E-state index is 0.0355. The van der Waals surface area contributed by atoms with Crippen molar-refractivity contribution in [2.45, 2.75) is 109 Å². The summed E-state index contributed by atoms with van der Waals surface area (Å²) < 4.78 is 4.90. The zero-order valence-electron chi connectivity index (χ0n) is 28.7. The average molecular weight is 703 g/mol. The van der Waals surface area contributed by atoms with Gasteiger partial charge in [-0.25, -0.2) is 4.79 Å². The zero-order valence-corrected chi connectivity index (χ0v) is 29.5. The maximum Gasteiger partial charge on any atom is 0.330 e. The topological polar surface area (TPSA) is 206 Å². The Morgan fingerprint density at radius 1 is 0.980 bits per heavy atom. The number of carbonyl (C=O) groups excluding carboxylic acids is 7. The van der Waals surface area contributed by atoms with Crippen molar-refractivity contribution in [1.82, 2.24) is 26.2 Å². The summed E-state index contributed by atoms with van der Waals surface area (Å²) in [5.74, 6) is -3.38. The van der Waals surface area contributed by atoms with Crippen molar-refractivity contribution in [2.24, 2.45) is 17.6 Å². The fourth-order valence-electron chi connectivity index (χ4n) is 5.58. The number of ether oxygens (including phenoxy) is 1. The lowest BCUT2D eigenvalue weighted by molar-refractivity contribution is -0.142. The number of allylic oxidation sites excluding steroid dienone is 1. The van der Waals surface area contributed by atoms with Crippen LogP contribution in [0.3, 0.4) is 0 Å². The summed E-state index contributed by atoms with van der Waals surface area (Å²) in [7, 11) is 0. The molecule has 1 aromatic rings. The molecule has 0 spiro atoms. The van der Waals surface area contributed by atoms with Gasteiger partial charge in [-0.2, -0.15) is 0 Å². The molecule has 0 bridgehead atoms. The Balaban J connectivity index is 1.74. The van der Waals surface area contributed by atoms with E-state index < -0.39 is 71.6 Å². The normalized spacial score (nSPS) is 18.3. The monoisotopic (exact) mass is 702 g/mol. The Labute approximate surface area is 291 Å². The van der Waals surface area contributed by atoms with Gasteiger partial charge in [0.2, 0.25) is 29.5 Å². The van der Waals surface area contributed by atoms with Gasteiger partial charge in [0.1, 0.15) is 30.2 Å². The van der Waals surface area contributed by atoms with Gasteiger partial charge in [0, 0.05) is 12.6 Å². The quantitative estimate of drug-likeness (QED) is 0.105. The van der Waals surface area contributed by atoms with Crippen LogP contribution in [0.2, 0.25) is 0 Å². The van der Waals surface area contributed by atoms with Crippen LogP contribution in [0.25, 0.3) is 0 Å². The summed E-state index contributed by atoms with van der Waals surface area (Å²) in [5, 5.41) is 12.7. The molecule has 2 fully saturated rings. The number of thiophene rings is 1. The van der Waals surface area contributed by atoms with Crippen LogP contribution >= 0.6 is 11.3 Å². The molecule has 2 aliphatic rings. The minimum atomic E-state index is -1.01. The third kappa shape index (κ3) is 12.6. The van der Waals surface area contributed by atoms with E-state index in [0.717, 1.165) is 12.8 Å². The van der Waals surface area contributed by atoms with Crippen molar-refractivity contribution < 1.29 is 38.3 Å². The number of nitrogens with two attached hydrogens (primary N) is 1. The number of carbonyl (C=O) groups is 7. The molecule has 2 heterocycles. The number of rotatable bonds is 19. The largest absolute Gasteiger partial charge is 0.463 e. The Hall–Kier alpha value is -4.27. The molecule has 1 saturated heterocycles. The third-order valence-electron chi connectivity index (χ3n) is 8.37. The van der Waals surface area contributed by atoms with E-state index in [1.54, 1.807) is 30.5 Å². The highest BCUT2D eigenvalue weighted by molar-refractivity contribution is 7.12. The SMILES string of the molecule is CCOC(=O)/C=C/CC[C@H](NC(=O)c1cccs1)C(=O)N[C@@H](CC1CC1)C(=O)N1CCC[C@H]1C(=O)N[C@@H](CC(C)C)C(=O)N[C@@H](C)C(N)=O. The maximum atomic E-state index is 14.1. The van der Waals surface area contributed by atoms with Crippen LogP contribution in [-0.4, -0.2) is 89.7 Å². The van der Waals surface area contributed by atoms with Crippen molar-refractivity contribution in [3.8, 4) is 0 Å². The van der Waals surface area contributed by atoms with E-state index in [2.05, 4.69) is 21.3 Å². The van der Waals surface area contributed by atoms with Gasteiger partial charge < -0.3 is 36.6 Å². The van der Waals surface area contributed by atoms with Crippen molar-refractivity contribution >= 4 is 52.7 Å². The standard InChI is InChI=1S/C34H50N6O8S/c1-5-48-28(41)13-7-6-10-23(37-33(46)27-12-9-17-49-27)30(43)39-25(19-22-14-15-22)34(47)40-16-8-11-26(40)32(45)38-24(18-20(2)3)31(44)36-21(4)29(35)42/h7,9,12-13,17,20-26H,5-6,8,10-11,14-16,18-19H2,1-4H3,(H2,35,42)(H,36,44)(H,37,46)(H,38,45)(H,39,43)/b13-7+/t21-,23-,24-,25-,26-/m0/s1. The molecule has 1 aliphatic heterocycles. The molecule has 6 N–H and O–H groups in total.